The number of nitrogens with one attached hydrogen (secondary N) is 1. The van der Waals surface area contributed by atoms with E-state index in [1.165, 1.54) is 0 Å². The van der Waals surface area contributed by atoms with E-state index in [1.807, 2.05) is 0 Å². The Morgan fingerprint density at radius 3 is 2.52 bits per heavy atom. The van der Waals surface area contributed by atoms with Crippen molar-refractivity contribution in [3.05, 3.63) is 23.8 Å². The van der Waals surface area contributed by atoms with Gasteiger partial charge in [0.25, 0.3) is 5.91 Å². The Hall–Kier alpha value is -1.92. The van der Waals surface area contributed by atoms with Gasteiger partial charge in [-0.05, 0) is 31.0 Å². The lowest BCUT2D eigenvalue weighted by Crippen LogP contribution is -2.27. The van der Waals surface area contributed by atoms with Crippen molar-refractivity contribution in [2.24, 2.45) is 0 Å². The van der Waals surface area contributed by atoms with Crippen LogP contribution in [0.4, 0.5) is 24.5 Å². The van der Waals surface area contributed by atoms with E-state index >= 15 is 0 Å². The van der Waals surface area contributed by atoms with Crippen molar-refractivity contribution in [1.82, 2.24) is 5.32 Å². The summed E-state index contributed by atoms with van der Waals surface area (Å²) in [4.78, 5) is 13.8. The lowest BCUT2D eigenvalue weighted by atomic mass is 10.1. The number of nitrogens with two attached hydrogens (primary N) is 1. The molecule has 0 fully saturated rings. The Kier molecular flexibility index (Phi) is 5.87. The fourth-order valence-corrected chi connectivity index (χ4v) is 1.87. The van der Waals surface area contributed by atoms with Gasteiger partial charge in [-0.15, -0.1) is 0 Å². The highest BCUT2D eigenvalue weighted by molar-refractivity contribution is 6.00. The third-order valence-corrected chi connectivity index (χ3v) is 2.92. The van der Waals surface area contributed by atoms with Crippen LogP contribution in [-0.4, -0.2) is 32.7 Å². The molecule has 0 spiro atoms. The summed E-state index contributed by atoms with van der Waals surface area (Å²) in [5.74, 6) is -0.335. The number of benzene rings is 1. The minimum absolute atomic E-state index is 0.00124. The molecule has 0 unspecified atom stereocenters. The van der Waals surface area contributed by atoms with E-state index in [0.717, 1.165) is 0 Å². The molecule has 0 saturated carbocycles. The summed E-state index contributed by atoms with van der Waals surface area (Å²) >= 11 is 0. The molecule has 4 nitrogen and oxygen atoms in total. The van der Waals surface area contributed by atoms with E-state index in [4.69, 9.17) is 5.73 Å². The van der Waals surface area contributed by atoms with Crippen molar-refractivity contribution >= 4 is 17.3 Å². The van der Waals surface area contributed by atoms with Crippen LogP contribution >= 0.6 is 0 Å². The zero-order valence-electron chi connectivity index (χ0n) is 12.1. The van der Waals surface area contributed by atoms with Gasteiger partial charge in [0, 0.05) is 38.4 Å². The molecule has 21 heavy (non-hydrogen) atoms. The summed E-state index contributed by atoms with van der Waals surface area (Å²) in [6.07, 6.45) is -4.69. The molecule has 1 amide bonds. The molecule has 0 aromatic heterocycles. The molecule has 0 heterocycles. The Morgan fingerprint density at radius 1 is 1.29 bits per heavy atom. The Balaban J connectivity index is 2.54. The van der Waals surface area contributed by atoms with Crippen LogP contribution in [0.1, 0.15) is 29.6 Å². The van der Waals surface area contributed by atoms with Gasteiger partial charge in [-0.3, -0.25) is 4.79 Å². The van der Waals surface area contributed by atoms with E-state index in [-0.39, 0.29) is 25.3 Å². The molecule has 0 bridgehead atoms. The van der Waals surface area contributed by atoms with Crippen molar-refractivity contribution in [3.8, 4) is 0 Å². The van der Waals surface area contributed by atoms with Crippen LogP contribution in [0.5, 0.6) is 0 Å². The van der Waals surface area contributed by atoms with Crippen LogP contribution in [0.15, 0.2) is 18.2 Å². The number of carbonyl (C=O) groups is 1. The summed E-state index contributed by atoms with van der Waals surface area (Å²) < 4.78 is 36.0. The second kappa shape index (κ2) is 7.19. The van der Waals surface area contributed by atoms with Gasteiger partial charge in [0.1, 0.15) is 0 Å². The van der Waals surface area contributed by atoms with Crippen molar-refractivity contribution in [2.45, 2.75) is 25.4 Å². The number of alkyl halides is 3. The van der Waals surface area contributed by atoms with Crippen LogP contribution in [0.2, 0.25) is 0 Å². The van der Waals surface area contributed by atoms with E-state index in [0.29, 0.717) is 16.9 Å². The maximum atomic E-state index is 12.1. The third kappa shape index (κ3) is 5.93. The Morgan fingerprint density at radius 2 is 1.95 bits per heavy atom. The maximum Gasteiger partial charge on any atom is 0.389 e. The predicted molar refractivity (Wildman–Crippen MR) is 77.4 cm³/mol. The first-order valence-electron chi connectivity index (χ1n) is 6.62. The molecule has 0 saturated heterocycles. The molecule has 0 atom stereocenters. The van der Waals surface area contributed by atoms with Gasteiger partial charge in [0.05, 0.1) is 5.56 Å². The second-order valence-corrected chi connectivity index (χ2v) is 5.00. The number of nitrogen functional groups attached to an aromatic ring is 1. The number of amides is 1. The molecule has 118 valence electrons. The van der Waals surface area contributed by atoms with Crippen LogP contribution < -0.4 is 16.0 Å². The Labute approximate surface area is 122 Å². The Bertz CT molecular complexity index is 487. The molecule has 0 aliphatic carbocycles. The fraction of sp³-hybridized carbons (Fsp3) is 0.500. The SMILES string of the molecule is CN(C)c1ccc(N)cc1C(=O)NCCCCC(F)(F)F. The normalized spacial score (nSPS) is 11.3. The third-order valence-electron chi connectivity index (χ3n) is 2.92. The van der Waals surface area contributed by atoms with E-state index < -0.39 is 12.6 Å². The van der Waals surface area contributed by atoms with E-state index in [2.05, 4.69) is 5.32 Å². The number of rotatable bonds is 6. The lowest BCUT2D eigenvalue weighted by Gasteiger charge is -2.17. The molecule has 3 N–H and O–H groups in total. The van der Waals surface area contributed by atoms with Gasteiger partial charge in [0.15, 0.2) is 0 Å². The topological polar surface area (TPSA) is 58.4 Å². The number of hydrogen-bond donors (Lipinski definition) is 2. The number of anilines is 2. The minimum atomic E-state index is -4.14. The van der Waals surface area contributed by atoms with Crippen LogP contribution in [0.3, 0.4) is 0 Å². The zero-order chi connectivity index (χ0) is 16.0. The first kappa shape index (κ1) is 17.1. The van der Waals surface area contributed by atoms with E-state index in [1.54, 1.807) is 37.2 Å². The molecule has 1 aromatic carbocycles. The van der Waals surface area contributed by atoms with Gasteiger partial charge in [-0.25, -0.2) is 0 Å². The average molecular weight is 303 g/mol. The van der Waals surface area contributed by atoms with Crippen molar-refractivity contribution in [2.75, 3.05) is 31.3 Å². The number of halogens is 3. The second-order valence-electron chi connectivity index (χ2n) is 5.00. The highest BCUT2D eigenvalue weighted by atomic mass is 19.4. The molecular weight excluding hydrogens is 283 g/mol. The summed E-state index contributed by atoms with van der Waals surface area (Å²) in [5, 5.41) is 2.62. The van der Waals surface area contributed by atoms with E-state index in [9.17, 15) is 18.0 Å². The fourth-order valence-electron chi connectivity index (χ4n) is 1.87. The maximum absolute atomic E-state index is 12.1. The summed E-state index contributed by atoms with van der Waals surface area (Å²) in [6.45, 7) is 0.205. The van der Waals surface area contributed by atoms with Crippen molar-refractivity contribution < 1.29 is 18.0 Å². The highest BCUT2D eigenvalue weighted by Gasteiger charge is 2.25. The highest BCUT2D eigenvalue weighted by Crippen LogP contribution is 2.23. The first-order valence-corrected chi connectivity index (χ1v) is 6.62. The lowest BCUT2D eigenvalue weighted by molar-refractivity contribution is -0.135. The molecule has 7 heteroatoms. The zero-order valence-corrected chi connectivity index (χ0v) is 12.1. The average Bonchev–Trinajstić information content (AvgIpc) is 2.36. The van der Waals surface area contributed by atoms with Crippen molar-refractivity contribution in [1.29, 1.82) is 0 Å². The summed E-state index contributed by atoms with van der Waals surface area (Å²) in [7, 11) is 3.59. The van der Waals surface area contributed by atoms with Crippen LogP contribution in [0, 0.1) is 0 Å². The number of carbonyl (C=O) groups excluding carboxylic acids is 1. The summed E-state index contributed by atoms with van der Waals surface area (Å²) in [5.41, 5.74) is 7.25. The molecule has 1 rings (SSSR count). The van der Waals surface area contributed by atoms with Gasteiger partial charge in [-0.2, -0.15) is 13.2 Å². The quantitative estimate of drug-likeness (QED) is 0.627. The number of nitrogens with zero attached hydrogens (tertiary/aromatic N) is 1. The smallest absolute Gasteiger partial charge is 0.389 e. The number of unbranched alkanes of at least 4 members (excludes halogenated alkanes) is 1. The standard InChI is InChI=1S/C14H20F3N3O/c1-20(2)12-6-5-10(18)9-11(12)13(21)19-8-4-3-7-14(15,16)17/h5-6,9H,3-4,7-8,18H2,1-2H3,(H,19,21). The molecular formula is C14H20F3N3O. The molecule has 0 radical (unpaired) electrons. The first-order chi connectivity index (χ1) is 9.70. The predicted octanol–water partition coefficient (Wildman–Crippen LogP) is 2.80. The molecule has 0 aliphatic rings. The van der Waals surface area contributed by atoms with Gasteiger partial charge in [-0.1, -0.05) is 0 Å². The van der Waals surface area contributed by atoms with Gasteiger partial charge in [0.2, 0.25) is 0 Å². The van der Waals surface area contributed by atoms with Crippen LogP contribution in [-0.2, 0) is 0 Å². The molecule has 1 aromatic rings. The van der Waals surface area contributed by atoms with Gasteiger partial charge >= 0.3 is 6.18 Å². The molecule has 0 aliphatic heterocycles. The largest absolute Gasteiger partial charge is 0.399 e. The minimum Gasteiger partial charge on any atom is -0.399 e. The number of hydrogen-bond acceptors (Lipinski definition) is 3. The van der Waals surface area contributed by atoms with Crippen molar-refractivity contribution in [3.63, 3.8) is 0 Å². The monoisotopic (exact) mass is 303 g/mol. The van der Waals surface area contributed by atoms with Crippen LogP contribution in [0.25, 0.3) is 0 Å². The summed E-state index contributed by atoms with van der Waals surface area (Å²) in [6, 6.07) is 4.98. The van der Waals surface area contributed by atoms with Gasteiger partial charge < -0.3 is 16.0 Å².